The molecule has 7 nitrogen and oxygen atoms in total. The maximum atomic E-state index is 5.78. The summed E-state index contributed by atoms with van der Waals surface area (Å²) >= 11 is 0. The summed E-state index contributed by atoms with van der Waals surface area (Å²) in [4.78, 5) is 3.73. The van der Waals surface area contributed by atoms with Crippen LogP contribution >= 0.6 is 0 Å². The molecule has 1 heterocycles. The van der Waals surface area contributed by atoms with Crippen molar-refractivity contribution in [1.29, 1.82) is 0 Å². The van der Waals surface area contributed by atoms with Crippen LogP contribution in [0.2, 0.25) is 0 Å². The maximum Gasteiger partial charge on any atom is 0.131 e. The Morgan fingerprint density at radius 3 is 1.23 bits per heavy atom. The minimum atomic E-state index is 0.463. The van der Waals surface area contributed by atoms with E-state index < -0.39 is 0 Å². The van der Waals surface area contributed by atoms with Crippen LogP contribution in [0.4, 0.5) is 23.0 Å². The highest BCUT2D eigenvalue weighted by atomic mass is 16.5. The molecule has 30 heavy (non-hydrogen) atoms. The summed E-state index contributed by atoms with van der Waals surface area (Å²) in [5.41, 5.74) is 23.3. The third-order valence-electron chi connectivity index (χ3n) is 3.83. The van der Waals surface area contributed by atoms with E-state index >= 15 is 0 Å². The lowest BCUT2D eigenvalue weighted by molar-refractivity contribution is 0.460. The first-order valence-electron chi connectivity index (χ1n) is 9.13. The predicted octanol–water partition coefficient (Wildman–Crippen LogP) is 4.68. The molecule has 0 unspecified atom stereocenters. The van der Waals surface area contributed by atoms with Gasteiger partial charge in [-0.15, -0.1) is 0 Å². The Morgan fingerprint density at radius 2 is 0.867 bits per heavy atom. The number of nitrogen functional groups attached to an aromatic ring is 4. The Morgan fingerprint density at radius 1 is 0.467 bits per heavy atom. The summed E-state index contributed by atoms with van der Waals surface area (Å²) in [5, 5.41) is 0. The van der Waals surface area contributed by atoms with Gasteiger partial charge >= 0.3 is 0 Å². The molecule has 4 rings (SSSR count). The molecule has 0 aliphatic rings. The third kappa shape index (κ3) is 6.35. The standard InChI is InChI=1S/C18H16N2O2.C5H7N3/c19-13-4-8-15(9-5-13)21-17-2-1-3-18(12-17)22-16-10-6-14(20)7-11-16;6-4-2-1-3-5(7)8-4/h1-12H,19-20H2;1-3H,(H4,6,7,8). The monoisotopic (exact) mass is 401 g/mol. The van der Waals surface area contributed by atoms with Gasteiger partial charge in [0, 0.05) is 17.4 Å². The predicted molar refractivity (Wildman–Crippen MR) is 121 cm³/mol. The normalized spacial score (nSPS) is 9.87. The van der Waals surface area contributed by atoms with Gasteiger partial charge in [-0.05, 0) is 72.8 Å². The second-order valence-corrected chi connectivity index (χ2v) is 6.30. The van der Waals surface area contributed by atoms with Crippen molar-refractivity contribution in [2.24, 2.45) is 0 Å². The summed E-state index contributed by atoms with van der Waals surface area (Å²) < 4.78 is 11.6. The number of nitrogens with two attached hydrogens (primary N) is 4. The van der Waals surface area contributed by atoms with Crippen molar-refractivity contribution in [1.82, 2.24) is 4.98 Å². The second kappa shape index (κ2) is 9.70. The number of hydrogen-bond donors (Lipinski definition) is 4. The minimum absolute atomic E-state index is 0.463. The first-order valence-corrected chi connectivity index (χ1v) is 9.13. The van der Waals surface area contributed by atoms with Crippen LogP contribution in [0.5, 0.6) is 23.0 Å². The molecular formula is C23H23N5O2. The third-order valence-corrected chi connectivity index (χ3v) is 3.83. The molecule has 0 aliphatic heterocycles. The molecule has 4 aromatic rings. The smallest absolute Gasteiger partial charge is 0.131 e. The Hall–Kier alpha value is -4.39. The molecule has 0 spiro atoms. The van der Waals surface area contributed by atoms with E-state index in [2.05, 4.69) is 4.98 Å². The van der Waals surface area contributed by atoms with Gasteiger partial charge in [-0.25, -0.2) is 4.98 Å². The van der Waals surface area contributed by atoms with E-state index in [1.54, 1.807) is 42.5 Å². The number of pyridine rings is 1. The number of nitrogens with zero attached hydrogens (tertiary/aromatic N) is 1. The molecule has 7 heteroatoms. The molecule has 0 fully saturated rings. The molecular weight excluding hydrogens is 378 g/mol. The lowest BCUT2D eigenvalue weighted by Crippen LogP contribution is -1.93. The van der Waals surface area contributed by atoms with E-state index in [4.69, 9.17) is 32.4 Å². The van der Waals surface area contributed by atoms with Crippen molar-refractivity contribution in [3.8, 4) is 23.0 Å². The van der Waals surface area contributed by atoms with Gasteiger partial charge in [0.2, 0.25) is 0 Å². The minimum Gasteiger partial charge on any atom is -0.457 e. The number of hydrogen-bond acceptors (Lipinski definition) is 7. The maximum absolute atomic E-state index is 5.78. The topological polar surface area (TPSA) is 135 Å². The lowest BCUT2D eigenvalue weighted by Gasteiger charge is -2.09. The SMILES string of the molecule is Nc1ccc(Oc2cccc(Oc3ccc(N)cc3)c2)cc1.Nc1cccc(N)n1. The number of aromatic nitrogens is 1. The van der Waals surface area contributed by atoms with Crippen molar-refractivity contribution in [3.05, 3.63) is 91.0 Å². The fourth-order valence-electron chi connectivity index (χ4n) is 2.41. The van der Waals surface area contributed by atoms with E-state index in [-0.39, 0.29) is 0 Å². The van der Waals surface area contributed by atoms with E-state index in [9.17, 15) is 0 Å². The van der Waals surface area contributed by atoms with Gasteiger partial charge < -0.3 is 32.4 Å². The molecule has 3 aromatic carbocycles. The highest BCUT2D eigenvalue weighted by Crippen LogP contribution is 2.28. The molecule has 8 N–H and O–H groups in total. The van der Waals surface area contributed by atoms with Crippen LogP contribution in [0.1, 0.15) is 0 Å². The van der Waals surface area contributed by atoms with Crippen LogP contribution in [0, 0.1) is 0 Å². The Balaban J connectivity index is 0.000000269. The zero-order chi connectivity index (χ0) is 21.3. The highest BCUT2D eigenvalue weighted by molar-refractivity contribution is 5.46. The van der Waals surface area contributed by atoms with E-state index in [1.807, 2.05) is 48.5 Å². The average molecular weight is 401 g/mol. The summed E-state index contributed by atoms with van der Waals surface area (Å²) in [6.07, 6.45) is 0. The Kier molecular flexibility index (Phi) is 6.58. The number of benzene rings is 3. The fourth-order valence-corrected chi connectivity index (χ4v) is 2.41. The summed E-state index contributed by atoms with van der Waals surface area (Å²) in [7, 11) is 0. The zero-order valence-corrected chi connectivity index (χ0v) is 16.2. The van der Waals surface area contributed by atoms with Crippen molar-refractivity contribution < 1.29 is 9.47 Å². The number of ether oxygens (including phenoxy) is 2. The molecule has 152 valence electrons. The van der Waals surface area contributed by atoms with E-state index in [1.165, 1.54) is 0 Å². The summed E-state index contributed by atoms with van der Waals surface area (Å²) in [6.45, 7) is 0. The van der Waals surface area contributed by atoms with Crippen LogP contribution in [0.3, 0.4) is 0 Å². The summed E-state index contributed by atoms with van der Waals surface area (Å²) in [5.74, 6) is 3.75. The van der Waals surface area contributed by atoms with Crippen LogP contribution in [0.15, 0.2) is 91.0 Å². The largest absolute Gasteiger partial charge is 0.457 e. The van der Waals surface area contributed by atoms with Gasteiger partial charge in [-0.2, -0.15) is 0 Å². The van der Waals surface area contributed by atoms with E-state index in [0.29, 0.717) is 34.5 Å². The summed E-state index contributed by atoms with van der Waals surface area (Å²) in [6, 6.07) is 27.0. The van der Waals surface area contributed by atoms with Gasteiger partial charge in [0.15, 0.2) is 0 Å². The highest BCUT2D eigenvalue weighted by Gasteiger charge is 2.02. The molecule has 0 amide bonds. The van der Waals surface area contributed by atoms with Gasteiger partial charge in [0.1, 0.15) is 34.6 Å². The Labute approximate surface area is 174 Å². The fraction of sp³-hybridized carbons (Fsp3) is 0. The first kappa shape index (κ1) is 20.3. The molecule has 0 saturated carbocycles. The van der Waals surface area contributed by atoms with Crippen LogP contribution in [0.25, 0.3) is 0 Å². The molecule has 0 bridgehead atoms. The molecule has 0 atom stereocenters. The lowest BCUT2D eigenvalue weighted by atomic mass is 10.3. The van der Waals surface area contributed by atoms with Gasteiger partial charge in [-0.1, -0.05) is 12.1 Å². The van der Waals surface area contributed by atoms with Crippen LogP contribution < -0.4 is 32.4 Å². The quantitative estimate of drug-likeness (QED) is 0.364. The van der Waals surface area contributed by atoms with Crippen LogP contribution in [-0.4, -0.2) is 4.98 Å². The molecule has 0 radical (unpaired) electrons. The van der Waals surface area contributed by atoms with Crippen molar-refractivity contribution in [2.45, 2.75) is 0 Å². The average Bonchev–Trinajstić information content (AvgIpc) is 2.72. The first-order chi connectivity index (χ1) is 14.5. The van der Waals surface area contributed by atoms with E-state index in [0.717, 1.165) is 11.5 Å². The Bertz CT molecular complexity index is 1000. The molecule has 0 saturated heterocycles. The number of anilines is 4. The molecule has 1 aromatic heterocycles. The van der Waals surface area contributed by atoms with Crippen molar-refractivity contribution in [2.75, 3.05) is 22.9 Å². The van der Waals surface area contributed by atoms with Crippen LogP contribution in [-0.2, 0) is 0 Å². The van der Waals surface area contributed by atoms with Gasteiger partial charge in [-0.3, -0.25) is 0 Å². The molecule has 0 aliphatic carbocycles. The van der Waals surface area contributed by atoms with Gasteiger partial charge in [0.05, 0.1) is 0 Å². The second-order valence-electron chi connectivity index (χ2n) is 6.30. The van der Waals surface area contributed by atoms with Crippen molar-refractivity contribution in [3.63, 3.8) is 0 Å². The van der Waals surface area contributed by atoms with Crippen molar-refractivity contribution >= 4 is 23.0 Å². The zero-order valence-electron chi connectivity index (χ0n) is 16.2. The number of rotatable bonds is 4. The van der Waals surface area contributed by atoms with Gasteiger partial charge in [0.25, 0.3) is 0 Å².